The minimum Gasteiger partial charge on any atom is -0.386 e. The molecular formula is C15H26O3. The molecule has 18 heavy (non-hydrogen) atoms. The first kappa shape index (κ1) is 15.4. The summed E-state index contributed by atoms with van der Waals surface area (Å²) >= 11 is 0. The summed E-state index contributed by atoms with van der Waals surface area (Å²) in [6.07, 6.45) is 6.89. The van der Waals surface area contributed by atoms with Gasteiger partial charge in [0.15, 0.2) is 5.78 Å². The van der Waals surface area contributed by atoms with Crippen LogP contribution in [-0.2, 0) is 4.79 Å². The molecule has 2 N–H and O–H groups in total. The van der Waals surface area contributed by atoms with Gasteiger partial charge in [-0.15, -0.1) is 0 Å². The normalized spacial score (nSPS) is 30.2. The van der Waals surface area contributed by atoms with E-state index in [4.69, 9.17) is 0 Å². The SMILES string of the molecule is CC(CCC(=O)C(C)(C)O)C1C=CC(C)(O)CC1. The van der Waals surface area contributed by atoms with E-state index in [1.165, 1.54) is 13.8 Å². The van der Waals surface area contributed by atoms with Crippen molar-refractivity contribution in [3.05, 3.63) is 12.2 Å². The quantitative estimate of drug-likeness (QED) is 0.741. The summed E-state index contributed by atoms with van der Waals surface area (Å²) in [5.74, 6) is 0.740. The van der Waals surface area contributed by atoms with Crippen LogP contribution in [0.4, 0.5) is 0 Å². The number of rotatable bonds is 5. The minimum atomic E-state index is -1.22. The van der Waals surface area contributed by atoms with Gasteiger partial charge in [0.2, 0.25) is 0 Å². The summed E-state index contributed by atoms with van der Waals surface area (Å²) in [7, 11) is 0. The van der Waals surface area contributed by atoms with Gasteiger partial charge in [-0.3, -0.25) is 4.79 Å². The fourth-order valence-corrected chi connectivity index (χ4v) is 2.32. The zero-order valence-corrected chi connectivity index (χ0v) is 11.9. The monoisotopic (exact) mass is 254 g/mol. The van der Waals surface area contributed by atoms with Crippen molar-refractivity contribution in [1.29, 1.82) is 0 Å². The van der Waals surface area contributed by atoms with Crippen molar-refractivity contribution in [2.75, 3.05) is 0 Å². The van der Waals surface area contributed by atoms with E-state index >= 15 is 0 Å². The van der Waals surface area contributed by atoms with Crippen molar-refractivity contribution in [1.82, 2.24) is 0 Å². The molecule has 104 valence electrons. The lowest BCUT2D eigenvalue weighted by Crippen LogP contribution is -2.32. The summed E-state index contributed by atoms with van der Waals surface area (Å²) < 4.78 is 0. The highest BCUT2D eigenvalue weighted by Crippen LogP contribution is 2.32. The molecule has 0 aromatic heterocycles. The van der Waals surface area contributed by atoms with E-state index in [0.29, 0.717) is 18.3 Å². The molecule has 3 unspecified atom stereocenters. The number of aliphatic hydroxyl groups is 2. The molecule has 0 aliphatic heterocycles. The van der Waals surface area contributed by atoms with Gasteiger partial charge in [0.1, 0.15) is 5.60 Å². The average Bonchev–Trinajstić information content (AvgIpc) is 2.24. The first-order valence-corrected chi connectivity index (χ1v) is 6.79. The maximum absolute atomic E-state index is 11.6. The highest BCUT2D eigenvalue weighted by molar-refractivity contribution is 5.86. The van der Waals surface area contributed by atoms with Gasteiger partial charge in [0.25, 0.3) is 0 Å². The molecule has 0 saturated heterocycles. The fraction of sp³-hybridized carbons (Fsp3) is 0.800. The summed E-state index contributed by atoms with van der Waals surface area (Å²) in [4.78, 5) is 11.6. The second kappa shape index (κ2) is 5.54. The second-order valence-electron chi connectivity index (χ2n) is 6.42. The van der Waals surface area contributed by atoms with E-state index < -0.39 is 11.2 Å². The molecule has 0 amide bonds. The average molecular weight is 254 g/mol. The molecule has 3 heteroatoms. The second-order valence-corrected chi connectivity index (χ2v) is 6.42. The Morgan fingerprint density at radius 2 is 2.17 bits per heavy atom. The van der Waals surface area contributed by atoms with Crippen LogP contribution in [0.15, 0.2) is 12.2 Å². The lowest BCUT2D eigenvalue weighted by Gasteiger charge is -2.30. The Balaban J connectivity index is 2.43. The topological polar surface area (TPSA) is 57.5 Å². The zero-order chi connectivity index (χ0) is 14.0. The van der Waals surface area contributed by atoms with E-state index in [2.05, 4.69) is 13.0 Å². The number of carbonyl (C=O) groups excluding carboxylic acids is 1. The lowest BCUT2D eigenvalue weighted by atomic mass is 9.78. The molecule has 0 aromatic rings. The van der Waals surface area contributed by atoms with Gasteiger partial charge in [0.05, 0.1) is 5.60 Å². The van der Waals surface area contributed by atoms with Crippen LogP contribution in [0.2, 0.25) is 0 Å². The van der Waals surface area contributed by atoms with Crippen molar-refractivity contribution < 1.29 is 15.0 Å². The molecule has 0 spiro atoms. The van der Waals surface area contributed by atoms with Crippen molar-refractivity contribution in [3.63, 3.8) is 0 Å². The van der Waals surface area contributed by atoms with Crippen LogP contribution in [-0.4, -0.2) is 27.2 Å². The highest BCUT2D eigenvalue weighted by Gasteiger charge is 2.28. The molecule has 3 atom stereocenters. The number of hydrogen-bond donors (Lipinski definition) is 2. The van der Waals surface area contributed by atoms with Crippen LogP contribution in [0.1, 0.15) is 53.4 Å². The number of allylic oxidation sites excluding steroid dienone is 1. The maximum atomic E-state index is 11.6. The van der Waals surface area contributed by atoms with Crippen molar-refractivity contribution in [2.24, 2.45) is 11.8 Å². The van der Waals surface area contributed by atoms with Crippen LogP contribution in [0, 0.1) is 11.8 Å². The zero-order valence-electron chi connectivity index (χ0n) is 11.9. The predicted molar refractivity (Wildman–Crippen MR) is 72.2 cm³/mol. The summed E-state index contributed by atoms with van der Waals surface area (Å²) in [5, 5.41) is 19.4. The Morgan fingerprint density at radius 1 is 1.56 bits per heavy atom. The smallest absolute Gasteiger partial charge is 0.163 e. The van der Waals surface area contributed by atoms with E-state index in [1.54, 1.807) is 0 Å². The maximum Gasteiger partial charge on any atom is 0.163 e. The Kier molecular flexibility index (Phi) is 4.73. The van der Waals surface area contributed by atoms with Crippen LogP contribution in [0.3, 0.4) is 0 Å². The van der Waals surface area contributed by atoms with Gasteiger partial charge >= 0.3 is 0 Å². The molecule has 0 heterocycles. The first-order chi connectivity index (χ1) is 8.12. The fourth-order valence-electron chi connectivity index (χ4n) is 2.32. The van der Waals surface area contributed by atoms with E-state index in [0.717, 1.165) is 19.3 Å². The van der Waals surface area contributed by atoms with Crippen molar-refractivity contribution in [3.8, 4) is 0 Å². The molecule has 1 aliphatic carbocycles. The van der Waals surface area contributed by atoms with Crippen LogP contribution in [0.25, 0.3) is 0 Å². The lowest BCUT2D eigenvalue weighted by molar-refractivity contribution is -0.134. The van der Waals surface area contributed by atoms with Gasteiger partial charge < -0.3 is 10.2 Å². The van der Waals surface area contributed by atoms with Crippen molar-refractivity contribution >= 4 is 5.78 Å². The summed E-state index contributed by atoms with van der Waals surface area (Å²) in [5.41, 5.74) is -1.88. The Hall–Kier alpha value is -0.670. The number of Topliss-reactive ketones (excluding diaryl/α,β-unsaturated/α-hetero) is 1. The predicted octanol–water partition coefficient (Wildman–Crippen LogP) is 2.46. The Labute approximate surface area is 110 Å². The molecule has 0 bridgehead atoms. The third kappa shape index (κ3) is 4.54. The van der Waals surface area contributed by atoms with Gasteiger partial charge in [0, 0.05) is 6.42 Å². The molecular weight excluding hydrogens is 228 g/mol. The Bertz CT molecular complexity index is 323. The van der Waals surface area contributed by atoms with E-state index in [9.17, 15) is 15.0 Å². The van der Waals surface area contributed by atoms with Gasteiger partial charge in [-0.25, -0.2) is 0 Å². The summed E-state index contributed by atoms with van der Waals surface area (Å²) in [6, 6.07) is 0. The van der Waals surface area contributed by atoms with Gasteiger partial charge in [-0.1, -0.05) is 19.1 Å². The van der Waals surface area contributed by atoms with Crippen LogP contribution >= 0.6 is 0 Å². The number of carbonyl (C=O) groups is 1. The van der Waals surface area contributed by atoms with Crippen molar-refractivity contribution in [2.45, 2.75) is 64.6 Å². The minimum absolute atomic E-state index is 0.0962. The van der Waals surface area contributed by atoms with Crippen LogP contribution < -0.4 is 0 Å². The molecule has 0 radical (unpaired) electrons. The Morgan fingerprint density at radius 3 is 2.61 bits per heavy atom. The largest absolute Gasteiger partial charge is 0.386 e. The van der Waals surface area contributed by atoms with Crippen LogP contribution in [0.5, 0.6) is 0 Å². The molecule has 1 aliphatic rings. The highest BCUT2D eigenvalue weighted by atomic mass is 16.3. The molecule has 1 rings (SSSR count). The first-order valence-electron chi connectivity index (χ1n) is 6.79. The standard InChI is InChI=1S/C15H26O3/c1-11(5-6-13(16)14(2,3)17)12-7-9-15(4,18)10-8-12/h7,9,11-12,17-18H,5-6,8,10H2,1-4H3. The molecule has 0 aromatic carbocycles. The number of ketones is 1. The third-order valence-corrected chi connectivity index (χ3v) is 3.93. The van der Waals surface area contributed by atoms with Gasteiger partial charge in [-0.2, -0.15) is 0 Å². The van der Waals surface area contributed by atoms with E-state index in [1.807, 2.05) is 13.0 Å². The molecule has 3 nitrogen and oxygen atoms in total. The summed E-state index contributed by atoms with van der Waals surface area (Å²) in [6.45, 7) is 7.03. The molecule has 0 fully saturated rings. The third-order valence-electron chi connectivity index (χ3n) is 3.93. The molecule has 0 saturated carbocycles. The van der Waals surface area contributed by atoms with Gasteiger partial charge in [-0.05, 0) is 51.9 Å². The van der Waals surface area contributed by atoms with E-state index in [-0.39, 0.29) is 5.78 Å². The number of hydrogen-bond acceptors (Lipinski definition) is 3.